The molecule has 1 aliphatic heterocycles. The number of hydrazone groups is 1. The average molecular weight is 242 g/mol. The van der Waals surface area contributed by atoms with E-state index in [2.05, 4.69) is 17.2 Å². The zero-order chi connectivity index (χ0) is 13.1. The summed E-state index contributed by atoms with van der Waals surface area (Å²) in [6.07, 6.45) is 2.55. The monoisotopic (exact) mass is 242 g/mol. The van der Waals surface area contributed by atoms with Crippen molar-refractivity contribution in [2.75, 3.05) is 0 Å². The lowest BCUT2D eigenvalue weighted by molar-refractivity contribution is -0.112. The summed E-state index contributed by atoms with van der Waals surface area (Å²) < 4.78 is 0. The number of rotatable bonds is 3. The van der Waals surface area contributed by atoms with Gasteiger partial charge in [-0.25, -0.2) is 0 Å². The maximum absolute atomic E-state index is 11.2. The molecule has 1 atom stereocenters. The second-order valence-corrected chi connectivity index (χ2v) is 4.71. The van der Waals surface area contributed by atoms with Gasteiger partial charge >= 0.3 is 0 Å². The number of ketones is 1. The molecule has 0 amide bonds. The molecule has 0 aromatic heterocycles. The van der Waals surface area contributed by atoms with Gasteiger partial charge in [0.1, 0.15) is 0 Å². The summed E-state index contributed by atoms with van der Waals surface area (Å²) in [5.41, 5.74) is 3.22. The lowest BCUT2D eigenvalue weighted by Gasteiger charge is -2.24. The predicted octanol–water partition coefficient (Wildman–Crippen LogP) is 3.30. The quantitative estimate of drug-likeness (QED) is 0.762. The van der Waals surface area contributed by atoms with Gasteiger partial charge < -0.3 is 0 Å². The highest BCUT2D eigenvalue weighted by Crippen LogP contribution is 2.33. The number of carbonyl (C=O) groups is 1. The van der Waals surface area contributed by atoms with Crippen LogP contribution in [0.25, 0.3) is 0 Å². The third kappa shape index (κ3) is 2.67. The summed E-state index contributed by atoms with van der Waals surface area (Å²) >= 11 is 0. The van der Waals surface area contributed by atoms with Gasteiger partial charge in [0, 0.05) is 23.9 Å². The molecule has 0 fully saturated rings. The molecule has 0 radical (unpaired) electrons. The molecule has 94 valence electrons. The highest BCUT2D eigenvalue weighted by Gasteiger charge is 2.26. The van der Waals surface area contributed by atoms with Crippen molar-refractivity contribution in [1.29, 1.82) is 0 Å². The summed E-state index contributed by atoms with van der Waals surface area (Å²) in [5, 5.41) is 6.48. The second kappa shape index (κ2) is 5.17. The lowest BCUT2D eigenvalue weighted by atomic mass is 10.0. The third-order valence-electron chi connectivity index (χ3n) is 3.02. The molecule has 0 N–H and O–H groups in total. The minimum Gasteiger partial charge on any atom is -0.295 e. The molecular weight excluding hydrogens is 224 g/mol. The number of carbonyl (C=O) groups excluding carboxylic acids is 1. The van der Waals surface area contributed by atoms with E-state index in [1.54, 1.807) is 13.0 Å². The minimum absolute atomic E-state index is 0.0547. The molecule has 1 aromatic carbocycles. The molecule has 0 saturated carbocycles. The first-order valence-corrected chi connectivity index (χ1v) is 6.15. The maximum Gasteiger partial charge on any atom is 0.154 e. The largest absolute Gasteiger partial charge is 0.295 e. The average Bonchev–Trinajstić information content (AvgIpc) is 2.72. The van der Waals surface area contributed by atoms with E-state index in [9.17, 15) is 4.79 Å². The molecule has 2 rings (SSSR count). The van der Waals surface area contributed by atoms with Crippen LogP contribution >= 0.6 is 0 Å². The highest BCUT2D eigenvalue weighted by molar-refractivity contribution is 5.88. The van der Waals surface area contributed by atoms with E-state index in [1.165, 1.54) is 5.56 Å². The Hall–Kier alpha value is -1.90. The fraction of sp³-hybridized carbons (Fsp3) is 0.333. The minimum atomic E-state index is 0.0547. The molecular formula is C15H18N2O. The fourth-order valence-electron chi connectivity index (χ4n) is 2.28. The van der Waals surface area contributed by atoms with Gasteiger partial charge in [-0.2, -0.15) is 5.10 Å². The van der Waals surface area contributed by atoms with Gasteiger partial charge in [-0.3, -0.25) is 9.80 Å². The predicted molar refractivity (Wildman–Crippen MR) is 73.2 cm³/mol. The van der Waals surface area contributed by atoms with Crippen LogP contribution in [0.5, 0.6) is 0 Å². The normalized spacial score (nSPS) is 19.9. The Morgan fingerprint density at radius 3 is 2.61 bits per heavy atom. The molecule has 1 heterocycles. The van der Waals surface area contributed by atoms with Crippen molar-refractivity contribution in [3.8, 4) is 0 Å². The molecule has 0 aliphatic carbocycles. The van der Waals surface area contributed by atoms with Gasteiger partial charge in [-0.15, -0.1) is 0 Å². The molecule has 0 spiro atoms. The molecule has 18 heavy (non-hydrogen) atoms. The number of benzene rings is 1. The standard InChI is InChI=1S/C15H18N2O/c1-11-9-15(14-7-5-4-6-8-14)17(16-11)12(2)10-13(3)18/h4-8,10,15H,9H2,1-3H3/b12-10+/t15-/m0/s1. The van der Waals surface area contributed by atoms with Crippen LogP contribution < -0.4 is 0 Å². The Morgan fingerprint density at radius 2 is 2.00 bits per heavy atom. The number of hydrogen-bond acceptors (Lipinski definition) is 3. The van der Waals surface area contributed by atoms with Gasteiger partial charge in [0.25, 0.3) is 0 Å². The Balaban J connectivity index is 2.30. The number of allylic oxidation sites excluding steroid dienone is 2. The van der Waals surface area contributed by atoms with Crippen LogP contribution in [0.3, 0.4) is 0 Å². The summed E-state index contributed by atoms with van der Waals surface area (Å²) in [4.78, 5) is 11.2. The van der Waals surface area contributed by atoms with Crippen LogP contribution in [0.1, 0.15) is 38.8 Å². The first-order valence-electron chi connectivity index (χ1n) is 6.15. The lowest BCUT2D eigenvalue weighted by Crippen LogP contribution is -2.18. The van der Waals surface area contributed by atoms with Gasteiger partial charge in [-0.05, 0) is 26.3 Å². The molecule has 0 unspecified atom stereocenters. The van der Waals surface area contributed by atoms with E-state index < -0.39 is 0 Å². The molecule has 3 heteroatoms. The van der Waals surface area contributed by atoms with Crippen molar-refractivity contribution in [2.24, 2.45) is 5.10 Å². The molecule has 3 nitrogen and oxygen atoms in total. The van der Waals surface area contributed by atoms with Gasteiger partial charge in [0.15, 0.2) is 5.78 Å². The Kier molecular flexibility index (Phi) is 3.60. The summed E-state index contributed by atoms with van der Waals surface area (Å²) in [6, 6.07) is 10.5. The first-order chi connectivity index (χ1) is 8.58. The van der Waals surface area contributed by atoms with Crippen LogP contribution in [-0.4, -0.2) is 16.5 Å². The van der Waals surface area contributed by atoms with Crippen LogP contribution in [0, 0.1) is 0 Å². The van der Waals surface area contributed by atoms with Crippen LogP contribution in [-0.2, 0) is 4.79 Å². The topological polar surface area (TPSA) is 32.7 Å². The zero-order valence-electron chi connectivity index (χ0n) is 11.1. The van der Waals surface area contributed by atoms with Gasteiger partial charge in [0.2, 0.25) is 0 Å². The van der Waals surface area contributed by atoms with Crippen LogP contribution in [0.2, 0.25) is 0 Å². The Bertz CT molecular complexity index is 502. The first kappa shape index (κ1) is 12.6. The van der Waals surface area contributed by atoms with Crippen molar-refractivity contribution >= 4 is 11.5 Å². The highest BCUT2D eigenvalue weighted by atomic mass is 16.1. The zero-order valence-corrected chi connectivity index (χ0v) is 11.1. The van der Waals surface area contributed by atoms with Crippen molar-refractivity contribution < 1.29 is 4.79 Å². The van der Waals surface area contributed by atoms with E-state index in [-0.39, 0.29) is 11.8 Å². The molecule has 0 saturated heterocycles. The maximum atomic E-state index is 11.2. The molecule has 1 aromatic rings. The van der Waals surface area contributed by atoms with Crippen molar-refractivity contribution in [3.05, 3.63) is 47.7 Å². The van der Waals surface area contributed by atoms with E-state index >= 15 is 0 Å². The summed E-state index contributed by atoms with van der Waals surface area (Å²) in [7, 11) is 0. The van der Waals surface area contributed by atoms with E-state index in [4.69, 9.17) is 0 Å². The van der Waals surface area contributed by atoms with Crippen molar-refractivity contribution in [2.45, 2.75) is 33.2 Å². The molecule has 1 aliphatic rings. The fourth-order valence-corrected chi connectivity index (χ4v) is 2.28. The second-order valence-electron chi connectivity index (χ2n) is 4.71. The SMILES string of the molecule is CC(=O)/C=C(\C)N1N=C(C)C[C@H]1c1ccccc1. The number of nitrogens with zero attached hydrogens (tertiary/aromatic N) is 2. The molecule has 0 bridgehead atoms. The Labute approximate surface area is 108 Å². The summed E-state index contributed by atoms with van der Waals surface area (Å²) in [6.45, 7) is 5.52. The van der Waals surface area contributed by atoms with E-state index in [1.807, 2.05) is 37.1 Å². The van der Waals surface area contributed by atoms with Crippen LogP contribution in [0.4, 0.5) is 0 Å². The smallest absolute Gasteiger partial charge is 0.154 e. The van der Waals surface area contributed by atoms with Crippen LogP contribution in [0.15, 0.2) is 47.2 Å². The van der Waals surface area contributed by atoms with Crippen molar-refractivity contribution in [3.63, 3.8) is 0 Å². The third-order valence-corrected chi connectivity index (χ3v) is 3.02. The summed E-state index contributed by atoms with van der Waals surface area (Å²) in [5.74, 6) is 0.0547. The van der Waals surface area contributed by atoms with E-state index in [0.717, 1.165) is 17.8 Å². The van der Waals surface area contributed by atoms with E-state index in [0.29, 0.717) is 0 Å². The van der Waals surface area contributed by atoms with Crippen molar-refractivity contribution in [1.82, 2.24) is 5.01 Å². The van der Waals surface area contributed by atoms with Gasteiger partial charge in [-0.1, -0.05) is 30.3 Å². The Morgan fingerprint density at radius 1 is 1.33 bits per heavy atom. The van der Waals surface area contributed by atoms with Gasteiger partial charge in [0.05, 0.1) is 6.04 Å². The number of hydrogen-bond donors (Lipinski definition) is 0.